The number of fused-ring (bicyclic) bond motifs is 3. The first-order valence-electron chi connectivity index (χ1n) is 7.59. The molecule has 128 valence electrons. The summed E-state index contributed by atoms with van der Waals surface area (Å²) in [7, 11) is 0. The first kappa shape index (κ1) is 16.4. The Kier molecular flexibility index (Phi) is 3.78. The van der Waals surface area contributed by atoms with Crippen LogP contribution >= 0.6 is 15.9 Å². The molecule has 0 radical (unpaired) electrons. The number of allylic oxidation sites excluding steroid dienone is 1. The first-order valence-corrected chi connectivity index (χ1v) is 8.38. The number of hydrogen-bond acceptors (Lipinski definition) is 5. The fourth-order valence-corrected chi connectivity index (χ4v) is 3.34. The molecule has 1 aliphatic rings. The third-order valence-electron chi connectivity index (χ3n) is 4.23. The molecule has 2 N–H and O–H groups in total. The molecule has 4 rings (SSSR count). The second-order valence-corrected chi connectivity index (χ2v) is 6.66. The molecule has 0 aliphatic carbocycles. The van der Waals surface area contributed by atoms with Crippen LogP contribution < -0.4 is 16.1 Å². The van der Waals surface area contributed by atoms with E-state index in [1.54, 1.807) is 24.3 Å². The molecule has 0 saturated heterocycles. The lowest BCUT2D eigenvalue weighted by molar-refractivity contribution is 0.388. The van der Waals surface area contributed by atoms with Gasteiger partial charge in [-0.15, -0.1) is 0 Å². The maximum absolute atomic E-state index is 13.7. The smallest absolute Gasteiger partial charge is 0.344 e. The number of ether oxygens (including phenoxy) is 1. The van der Waals surface area contributed by atoms with E-state index in [2.05, 4.69) is 15.9 Å². The summed E-state index contributed by atoms with van der Waals surface area (Å²) >= 11 is 3.35. The summed E-state index contributed by atoms with van der Waals surface area (Å²) in [6, 6.07) is 12.9. The number of nitriles is 1. The van der Waals surface area contributed by atoms with Gasteiger partial charge in [-0.2, -0.15) is 5.26 Å². The van der Waals surface area contributed by atoms with Gasteiger partial charge < -0.3 is 14.9 Å². The predicted octanol–water partition coefficient (Wildman–Crippen LogP) is 3.91. The normalized spacial score (nSPS) is 16.1. The number of hydrogen-bond donors (Lipinski definition) is 1. The molecule has 2 heterocycles. The molecule has 2 aromatic carbocycles. The molecule has 0 fully saturated rings. The van der Waals surface area contributed by atoms with Gasteiger partial charge in [-0.1, -0.05) is 28.1 Å². The quantitative estimate of drug-likeness (QED) is 0.611. The van der Waals surface area contributed by atoms with Crippen molar-refractivity contribution in [2.24, 2.45) is 5.73 Å². The highest BCUT2D eigenvalue weighted by Gasteiger charge is 2.35. The van der Waals surface area contributed by atoms with E-state index in [4.69, 9.17) is 14.9 Å². The molecule has 26 heavy (non-hydrogen) atoms. The molecule has 0 spiro atoms. The van der Waals surface area contributed by atoms with Crippen molar-refractivity contribution in [3.8, 4) is 11.8 Å². The summed E-state index contributed by atoms with van der Waals surface area (Å²) in [5.41, 5.74) is 6.35. The SMILES string of the molecule is N#CC1=C(N)Oc2c(c(=O)oc3ccc(F)cc23)C1c1ccc(Br)cc1. The van der Waals surface area contributed by atoms with E-state index in [0.717, 1.165) is 4.47 Å². The van der Waals surface area contributed by atoms with Crippen LogP contribution in [0.4, 0.5) is 4.39 Å². The topological polar surface area (TPSA) is 89.3 Å². The van der Waals surface area contributed by atoms with Crippen LogP contribution in [0.5, 0.6) is 5.75 Å². The molecular formula is C19H10BrFN2O3. The molecule has 1 aliphatic heterocycles. The number of benzene rings is 2. The van der Waals surface area contributed by atoms with Crippen molar-refractivity contribution in [2.75, 3.05) is 0 Å². The third-order valence-corrected chi connectivity index (χ3v) is 4.76. The van der Waals surface area contributed by atoms with Gasteiger partial charge in [0.05, 0.1) is 16.9 Å². The van der Waals surface area contributed by atoms with E-state index < -0.39 is 17.4 Å². The standard InChI is InChI=1S/C19H10BrFN2O3/c20-10-3-1-9(2-4-10)15-13(8-22)18(23)26-17-12-7-11(21)5-6-14(12)25-19(24)16(15)17/h1-7,15H,23H2. The monoisotopic (exact) mass is 412 g/mol. The van der Waals surface area contributed by atoms with Crippen molar-refractivity contribution in [1.29, 1.82) is 5.26 Å². The highest BCUT2D eigenvalue weighted by atomic mass is 79.9. The summed E-state index contributed by atoms with van der Waals surface area (Å²) in [5, 5.41) is 9.83. The van der Waals surface area contributed by atoms with Crippen LogP contribution in [-0.2, 0) is 0 Å². The minimum absolute atomic E-state index is 0.0999. The van der Waals surface area contributed by atoms with Crippen LogP contribution in [0, 0.1) is 17.1 Å². The van der Waals surface area contributed by atoms with Gasteiger partial charge >= 0.3 is 5.63 Å². The van der Waals surface area contributed by atoms with Crippen LogP contribution in [-0.4, -0.2) is 0 Å². The summed E-state index contributed by atoms with van der Waals surface area (Å²) in [6.45, 7) is 0. The molecule has 7 heteroatoms. The van der Waals surface area contributed by atoms with E-state index in [-0.39, 0.29) is 33.7 Å². The Balaban J connectivity index is 2.08. The van der Waals surface area contributed by atoms with Crippen LogP contribution in [0.1, 0.15) is 17.0 Å². The van der Waals surface area contributed by atoms with E-state index in [1.165, 1.54) is 18.2 Å². The third kappa shape index (κ3) is 2.47. The molecule has 3 aromatic rings. The molecular weight excluding hydrogens is 403 g/mol. The fraction of sp³-hybridized carbons (Fsp3) is 0.0526. The Morgan fingerprint density at radius 1 is 1.19 bits per heavy atom. The number of nitrogens with two attached hydrogens (primary N) is 1. The number of rotatable bonds is 1. The van der Waals surface area contributed by atoms with E-state index >= 15 is 0 Å². The lowest BCUT2D eigenvalue weighted by Gasteiger charge is -2.26. The van der Waals surface area contributed by atoms with Gasteiger partial charge in [-0.05, 0) is 35.9 Å². The second-order valence-electron chi connectivity index (χ2n) is 5.75. The zero-order valence-corrected chi connectivity index (χ0v) is 14.7. The van der Waals surface area contributed by atoms with Crippen molar-refractivity contribution in [2.45, 2.75) is 5.92 Å². The van der Waals surface area contributed by atoms with E-state index in [1.807, 2.05) is 6.07 Å². The Morgan fingerprint density at radius 2 is 1.92 bits per heavy atom. The zero-order valence-electron chi connectivity index (χ0n) is 13.1. The van der Waals surface area contributed by atoms with Crippen LogP contribution in [0.3, 0.4) is 0 Å². The van der Waals surface area contributed by atoms with Gasteiger partial charge in [0.1, 0.15) is 23.0 Å². The average Bonchev–Trinajstić information content (AvgIpc) is 2.62. The highest BCUT2D eigenvalue weighted by molar-refractivity contribution is 9.10. The second kappa shape index (κ2) is 6.00. The van der Waals surface area contributed by atoms with Gasteiger partial charge in [-0.25, -0.2) is 9.18 Å². The molecule has 0 saturated carbocycles. The lowest BCUT2D eigenvalue weighted by atomic mass is 9.84. The van der Waals surface area contributed by atoms with E-state index in [0.29, 0.717) is 5.56 Å². The van der Waals surface area contributed by atoms with Gasteiger partial charge in [0.15, 0.2) is 5.75 Å². The maximum Gasteiger partial charge on any atom is 0.344 e. The Hall–Kier alpha value is -3.11. The first-order chi connectivity index (χ1) is 12.5. The molecule has 1 atom stereocenters. The van der Waals surface area contributed by atoms with Gasteiger partial charge in [0, 0.05) is 4.47 Å². The summed E-state index contributed by atoms with van der Waals surface area (Å²) in [6.07, 6.45) is 0. The lowest BCUT2D eigenvalue weighted by Crippen LogP contribution is -2.26. The number of nitrogens with zero attached hydrogens (tertiary/aromatic N) is 1. The average molecular weight is 413 g/mol. The maximum atomic E-state index is 13.7. The van der Waals surface area contributed by atoms with Crippen molar-refractivity contribution in [1.82, 2.24) is 0 Å². The van der Waals surface area contributed by atoms with Crippen LogP contribution in [0.15, 0.2) is 67.6 Å². The molecule has 1 aromatic heterocycles. The van der Waals surface area contributed by atoms with Crippen molar-refractivity contribution in [3.63, 3.8) is 0 Å². The Labute approximate surface area is 155 Å². The molecule has 0 amide bonds. The zero-order chi connectivity index (χ0) is 18.4. The summed E-state index contributed by atoms with van der Waals surface area (Å²) in [4.78, 5) is 12.7. The Morgan fingerprint density at radius 3 is 2.62 bits per heavy atom. The number of halogens is 2. The molecule has 0 bridgehead atoms. The van der Waals surface area contributed by atoms with Gasteiger partial charge in [0.25, 0.3) is 0 Å². The Bertz CT molecular complexity index is 1180. The largest absolute Gasteiger partial charge is 0.439 e. The van der Waals surface area contributed by atoms with Crippen LogP contribution in [0.25, 0.3) is 11.0 Å². The summed E-state index contributed by atoms with van der Waals surface area (Å²) < 4.78 is 25.5. The summed E-state index contributed by atoms with van der Waals surface area (Å²) in [5.74, 6) is -1.28. The van der Waals surface area contributed by atoms with Gasteiger partial charge in [-0.3, -0.25) is 0 Å². The minimum atomic E-state index is -0.763. The van der Waals surface area contributed by atoms with Crippen molar-refractivity contribution >= 4 is 26.9 Å². The van der Waals surface area contributed by atoms with Crippen LogP contribution in [0.2, 0.25) is 0 Å². The molecule has 1 unspecified atom stereocenters. The fourth-order valence-electron chi connectivity index (χ4n) is 3.08. The van der Waals surface area contributed by atoms with Gasteiger partial charge in [0.2, 0.25) is 5.88 Å². The highest BCUT2D eigenvalue weighted by Crippen LogP contribution is 2.43. The molecule has 5 nitrogen and oxygen atoms in total. The van der Waals surface area contributed by atoms with Crippen molar-refractivity contribution < 1.29 is 13.5 Å². The van der Waals surface area contributed by atoms with E-state index in [9.17, 15) is 14.4 Å². The minimum Gasteiger partial charge on any atom is -0.439 e. The van der Waals surface area contributed by atoms with Crippen molar-refractivity contribution in [3.05, 3.63) is 85.8 Å². The predicted molar refractivity (Wildman–Crippen MR) is 95.9 cm³/mol.